The van der Waals surface area contributed by atoms with Crippen LogP contribution >= 0.6 is 0 Å². The number of urea groups is 1. The van der Waals surface area contributed by atoms with Crippen LogP contribution in [0.1, 0.15) is 32.6 Å². The number of fused-ring (bicyclic) bond motifs is 2. The second-order valence-electron chi connectivity index (χ2n) is 5.51. The topological polar surface area (TPSA) is 66.5 Å². The summed E-state index contributed by atoms with van der Waals surface area (Å²) in [4.78, 5) is 35.5. The Labute approximate surface area is 99.5 Å². The summed E-state index contributed by atoms with van der Waals surface area (Å²) in [5.41, 5.74) is 0. The minimum absolute atomic E-state index is 0.149. The van der Waals surface area contributed by atoms with E-state index in [4.69, 9.17) is 0 Å². The number of nitrogens with zero attached hydrogens (tertiary/aromatic N) is 1. The molecule has 4 amide bonds. The summed E-state index contributed by atoms with van der Waals surface area (Å²) < 4.78 is 0. The molecule has 4 atom stereocenters. The molecule has 1 saturated heterocycles. The van der Waals surface area contributed by atoms with Crippen LogP contribution < -0.4 is 5.32 Å². The van der Waals surface area contributed by atoms with E-state index in [0.717, 1.165) is 17.2 Å². The summed E-state index contributed by atoms with van der Waals surface area (Å²) in [6.45, 7) is 1.89. The van der Waals surface area contributed by atoms with Gasteiger partial charge in [-0.3, -0.25) is 19.8 Å². The number of hydrogen-bond donors (Lipinski definition) is 1. The molecule has 2 bridgehead atoms. The fraction of sp³-hybridized carbons (Fsp3) is 0.750. The van der Waals surface area contributed by atoms with Gasteiger partial charge in [0.25, 0.3) is 0 Å². The maximum absolute atomic E-state index is 11.6. The van der Waals surface area contributed by atoms with Gasteiger partial charge in [-0.2, -0.15) is 0 Å². The third kappa shape index (κ3) is 1.48. The molecule has 0 aromatic heterocycles. The number of hydrogen-bond acceptors (Lipinski definition) is 3. The zero-order valence-electron chi connectivity index (χ0n) is 9.81. The molecular formula is C12H16N2O3. The van der Waals surface area contributed by atoms with Crippen LogP contribution in [0, 0.1) is 17.8 Å². The lowest BCUT2D eigenvalue weighted by molar-refractivity contribution is -0.141. The molecule has 1 N–H and O–H groups in total. The van der Waals surface area contributed by atoms with Crippen LogP contribution in [-0.4, -0.2) is 28.8 Å². The zero-order chi connectivity index (χ0) is 12.2. The van der Waals surface area contributed by atoms with E-state index in [0.29, 0.717) is 11.8 Å². The number of carbonyl (C=O) groups excluding carboxylic acids is 3. The lowest BCUT2D eigenvalue weighted by Gasteiger charge is -2.32. The van der Waals surface area contributed by atoms with Crippen LogP contribution in [0.25, 0.3) is 0 Å². The van der Waals surface area contributed by atoms with Crippen molar-refractivity contribution in [3.8, 4) is 0 Å². The highest BCUT2D eigenvalue weighted by molar-refractivity contribution is 6.44. The van der Waals surface area contributed by atoms with Gasteiger partial charge >= 0.3 is 17.8 Å². The first-order valence-electron chi connectivity index (χ1n) is 6.26. The van der Waals surface area contributed by atoms with E-state index in [1.54, 1.807) is 0 Å². The first-order chi connectivity index (χ1) is 8.08. The number of carbonyl (C=O) groups is 3. The Morgan fingerprint density at radius 3 is 2.47 bits per heavy atom. The van der Waals surface area contributed by atoms with E-state index >= 15 is 0 Å². The average Bonchev–Trinajstić information content (AvgIpc) is 2.94. The minimum atomic E-state index is -0.787. The second-order valence-corrected chi connectivity index (χ2v) is 5.51. The van der Waals surface area contributed by atoms with Gasteiger partial charge in [-0.15, -0.1) is 0 Å². The molecule has 1 aliphatic heterocycles. The minimum Gasteiger partial charge on any atom is -0.269 e. The summed E-state index contributed by atoms with van der Waals surface area (Å²) in [5, 5.41) is 2.06. The number of imide groups is 2. The Hall–Kier alpha value is -1.39. The molecule has 92 valence electrons. The summed E-state index contributed by atoms with van der Waals surface area (Å²) in [6.07, 6.45) is 4.81. The molecule has 0 radical (unpaired) electrons. The second kappa shape index (κ2) is 3.55. The smallest absolute Gasteiger partial charge is 0.269 e. The van der Waals surface area contributed by atoms with Crippen molar-refractivity contribution in [2.24, 2.45) is 17.8 Å². The predicted octanol–water partition coefficient (Wildman–Crippen LogP) is 0.889. The maximum atomic E-state index is 11.6. The van der Waals surface area contributed by atoms with Gasteiger partial charge in [0.1, 0.15) is 0 Å². The first kappa shape index (κ1) is 10.7. The summed E-state index contributed by atoms with van der Waals surface area (Å²) in [5.74, 6) is 0.305. The van der Waals surface area contributed by atoms with Crippen molar-refractivity contribution >= 4 is 17.8 Å². The lowest BCUT2D eigenvalue weighted by atomic mass is 9.83. The molecule has 0 aromatic carbocycles. The highest BCUT2D eigenvalue weighted by Gasteiger charge is 2.48. The molecule has 1 heterocycles. The van der Waals surface area contributed by atoms with Crippen molar-refractivity contribution in [3.05, 3.63) is 0 Å². The molecule has 3 aliphatic rings. The predicted molar refractivity (Wildman–Crippen MR) is 58.8 cm³/mol. The van der Waals surface area contributed by atoms with Crippen LogP contribution in [0.2, 0.25) is 0 Å². The van der Waals surface area contributed by atoms with Gasteiger partial charge in [0.2, 0.25) is 0 Å². The van der Waals surface area contributed by atoms with Crippen LogP contribution in [0.4, 0.5) is 4.79 Å². The molecule has 5 heteroatoms. The highest BCUT2D eigenvalue weighted by atomic mass is 16.2. The molecule has 3 fully saturated rings. The number of nitrogens with one attached hydrogen (secondary N) is 1. The fourth-order valence-corrected chi connectivity index (χ4v) is 3.86. The molecule has 17 heavy (non-hydrogen) atoms. The largest absolute Gasteiger partial charge is 0.331 e. The molecule has 0 unspecified atom stereocenters. The van der Waals surface area contributed by atoms with Crippen molar-refractivity contribution in [1.29, 1.82) is 0 Å². The van der Waals surface area contributed by atoms with Gasteiger partial charge in [0, 0.05) is 6.04 Å². The van der Waals surface area contributed by atoms with Crippen molar-refractivity contribution in [3.63, 3.8) is 0 Å². The molecule has 2 saturated carbocycles. The molecule has 5 nitrogen and oxygen atoms in total. The third-order valence-corrected chi connectivity index (χ3v) is 4.67. The van der Waals surface area contributed by atoms with Gasteiger partial charge in [-0.05, 0) is 43.9 Å². The standard InChI is InChI=1S/C12H16N2O3/c1-6(9-5-7-2-3-8(9)4-7)14-11(16)10(15)13-12(14)17/h6-9H,2-5H2,1H3,(H,13,15,17)/t6-,7-,8-,9-/m0/s1. The Morgan fingerprint density at radius 2 is 2.00 bits per heavy atom. The number of amides is 4. The quantitative estimate of drug-likeness (QED) is 0.572. The maximum Gasteiger partial charge on any atom is 0.331 e. The van der Waals surface area contributed by atoms with Crippen LogP contribution in [-0.2, 0) is 9.59 Å². The molecule has 2 aliphatic carbocycles. The first-order valence-corrected chi connectivity index (χ1v) is 6.26. The summed E-state index contributed by atoms with van der Waals surface area (Å²) in [6, 6.07) is -0.695. The molecular weight excluding hydrogens is 220 g/mol. The zero-order valence-corrected chi connectivity index (χ0v) is 9.81. The van der Waals surface area contributed by atoms with Crippen molar-refractivity contribution in [1.82, 2.24) is 10.2 Å². The van der Waals surface area contributed by atoms with E-state index in [-0.39, 0.29) is 6.04 Å². The van der Waals surface area contributed by atoms with Crippen LogP contribution in [0.15, 0.2) is 0 Å². The SMILES string of the molecule is C[C@@H]([C@@H]1C[C@H]2CC[C@H]1C2)N1C(=O)NC(=O)C1=O. The van der Waals surface area contributed by atoms with E-state index < -0.39 is 17.8 Å². The normalized spacial score (nSPS) is 37.8. The number of rotatable bonds is 2. The Morgan fingerprint density at radius 1 is 1.24 bits per heavy atom. The lowest BCUT2D eigenvalue weighted by Crippen LogP contribution is -2.44. The van der Waals surface area contributed by atoms with Crippen molar-refractivity contribution in [2.45, 2.75) is 38.6 Å². The van der Waals surface area contributed by atoms with E-state index in [1.165, 1.54) is 19.3 Å². The molecule has 3 rings (SSSR count). The van der Waals surface area contributed by atoms with Gasteiger partial charge in [-0.1, -0.05) is 6.42 Å². The van der Waals surface area contributed by atoms with Gasteiger partial charge in [0.05, 0.1) is 0 Å². The Bertz CT molecular complexity index is 407. The molecule has 0 aromatic rings. The van der Waals surface area contributed by atoms with E-state index in [9.17, 15) is 14.4 Å². The fourth-order valence-electron chi connectivity index (χ4n) is 3.86. The van der Waals surface area contributed by atoms with Crippen LogP contribution in [0.5, 0.6) is 0 Å². The Kier molecular flexibility index (Phi) is 2.24. The van der Waals surface area contributed by atoms with Gasteiger partial charge < -0.3 is 0 Å². The summed E-state index contributed by atoms with van der Waals surface area (Å²) >= 11 is 0. The van der Waals surface area contributed by atoms with Crippen LogP contribution in [0.3, 0.4) is 0 Å². The van der Waals surface area contributed by atoms with Crippen molar-refractivity contribution < 1.29 is 14.4 Å². The van der Waals surface area contributed by atoms with E-state index in [1.807, 2.05) is 6.92 Å². The molecule has 0 spiro atoms. The third-order valence-electron chi connectivity index (χ3n) is 4.67. The average molecular weight is 236 g/mol. The Balaban J connectivity index is 1.78. The van der Waals surface area contributed by atoms with Gasteiger partial charge in [0.15, 0.2) is 0 Å². The highest BCUT2D eigenvalue weighted by Crippen LogP contribution is 2.50. The van der Waals surface area contributed by atoms with Crippen molar-refractivity contribution in [2.75, 3.05) is 0 Å². The van der Waals surface area contributed by atoms with Gasteiger partial charge in [-0.25, -0.2) is 4.79 Å². The van der Waals surface area contributed by atoms with E-state index in [2.05, 4.69) is 5.32 Å². The monoisotopic (exact) mass is 236 g/mol. The summed E-state index contributed by atoms with van der Waals surface area (Å²) in [7, 11) is 0.